The first-order chi connectivity index (χ1) is 32.6. The van der Waals surface area contributed by atoms with Gasteiger partial charge in [-0.2, -0.15) is 0 Å². The van der Waals surface area contributed by atoms with Crippen LogP contribution in [0.5, 0.6) is 0 Å². The molecular formula is C65H63N3O. The zero-order valence-corrected chi connectivity index (χ0v) is 42.7. The van der Waals surface area contributed by atoms with E-state index in [0.717, 1.165) is 60.6 Å². The van der Waals surface area contributed by atoms with Crippen LogP contribution < -0.4 is 15.5 Å². The van der Waals surface area contributed by atoms with Crippen molar-refractivity contribution in [2.75, 3.05) is 4.90 Å². The summed E-state index contributed by atoms with van der Waals surface area (Å²) < 4.78 is 12.1. The molecule has 0 unspecified atom stereocenters. The minimum absolute atomic E-state index is 0.00114. The van der Waals surface area contributed by atoms with Crippen molar-refractivity contribution in [2.24, 2.45) is 0 Å². The third-order valence-electron chi connectivity index (χ3n) is 15.2. The van der Waals surface area contributed by atoms with Gasteiger partial charge in [0.2, 0.25) is 0 Å². The van der Waals surface area contributed by atoms with E-state index in [4.69, 9.17) is 11.0 Å². The Morgan fingerprint density at radius 3 is 1.81 bits per heavy atom. The van der Waals surface area contributed by atoms with E-state index < -0.39 is 0 Å². The van der Waals surface area contributed by atoms with Crippen LogP contribution in [0.3, 0.4) is 0 Å². The van der Waals surface area contributed by atoms with Crippen molar-refractivity contribution in [1.82, 2.24) is 8.80 Å². The molecule has 0 aliphatic carbocycles. The van der Waals surface area contributed by atoms with Gasteiger partial charge in [0, 0.05) is 76.3 Å². The van der Waals surface area contributed by atoms with Gasteiger partial charge in [0.1, 0.15) is 5.58 Å². The molecule has 0 amide bonds. The molecule has 12 rings (SSSR count). The molecule has 0 N–H and O–H groups in total. The van der Waals surface area contributed by atoms with Crippen LogP contribution in [-0.2, 0) is 21.7 Å². The molecule has 0 spiro atoms. The van der Waals surface area contributed by atoms with Crippen molar-refractivity contribution < 1.29 is 4.42 Å². The minimum atomic E-state index is -0.0834. The van der Waals surface area contributed by atoms with Crippen molar-refractivity contribution in [3.63, 3.8) is 0 Å². The molecule has 5 aromatic heterocycles. The molecule has 12 aromatic rings. The molecular weight excluding hydrogens is 839 g/mol. The number of nitrogens with zero attached hydrogens (tertiary/aromatic N) is 3. The van der Waals surface area contributed by atoms with Crippen LogP contribution >= 0.6 is 0 Å². The zero-order valence-electron chi connectivity index (χ0n) is 42.7. The Bertz CT molecular complexity index is 4180. The number of benzene rings is 7. The Labute approximate surface area is 405 Å². The van der Waals surface area contributed by atoms with E-state index in [2.05, 4.69) is 237 Å². The van der Waals surface area contributed by atoms with Gasteiger partial charge in [0.05, 0.1) is 27.8 Å². The van der Waals surface area contributed by atoms with E-state index in [-0.39, 0.29) is 21.7 Å². The Kier molecular flexibility index (Phi) is 8.94. The van der Waals surface area contributed by atoms with Gasteiger partial charge >= 0.3 is 0 Å². The number of aromatic nitrogens is 2. The first-order valence-corrected chi connectivity index (χ1v) is 24.8. The second-order valence-corrected chi connectivity index (χ2v) is 24.1. The molecule has 0 bridgehead atoms. The summed E-state index contributed by atoms with van der Waals surface area (Å²) in [5.41, 5.74) is 17.3. The van der Waals surface area contributed by atoms with Gasteiger partial charge in [0.15, 0.2) is 5.58 Å². The van der Waals surface area contributed by atoms with Crippen molar-refractivity contribution in [3.8, 4) is 0 Å². The summed E-state index contributed by atoms with van der Waals surface area (Å²) in [6.07, 6.45) is 2.42. The van der Waals surface area contributed by atoms with Gasteiger partial charge in [-0.15, -0.1) is 0 Å². The molecule has 0 aliphatic rings. The highest BCUT2D eigenvalue weighted by atomic mass is 16.3. The van der Waals surface area contributed by atoms with E-state index in [0.29, 0.717) is 0 Å². The van der Waals surface area contributed by atoms with Gasteiger partial charge in [-0.05, 0) is 124 Å². The highest BCUT2D eigenvalue weighted by molar-refractivity contribution is 6.18. The van der Waals surface area contributed by atoms with Crippen LogP contribution in [0.1, 0.15) is 117 Å². The summed E-state index contributed by atoms with van der Waals surface area (Å²) in [5.74, 6) is 0. The fourth-order valence-electron chi connectivity index (χ4n) is 11.4. The average Bonchev–Trinajstić information content (AvgIpc) is 4.08. The second kappa shape index (κ2) is 14.3. The minimum Gasteiger partial charge on any atom is -0.454 e. The van der Waals surface area contributed by atoms with Crippen molar-refractivity contribution in [3.05, 3.63) is 171 Å². The summed E-state index contributed by atoms with van der Waals surface area (Å²) in [6, 6.07) is 48.1. The summed E-state index contributed by atoms with van der Waals surface area (Å²) in [6.45, 7) is 34.9. The molecule has 0 radical (unpaired) electrons. The van der Waals surface area contributed by atoms with E-state index in [1.165, 1.54) is 76.8 Å². The smallest absolute Gasteiger partial charge is 0.159 e. The van der Waals surface area contributed by atoms with Gasteiger partial charge in [-0.25, -0.2) is 0 Å². The molecule has 7 aromatic carbocycles. The lowest BCUT2D eigenvalue weighted by molar-refractivity contribution is 0.573. The monoisotopic (exact) mass is 901 g/mol. The van der Waals surface area contributed by atoms with Crippen molar-refractivity contribution in [1.29, 1.82) is 0 Å². The standard InChI is InChI=1S/C65H63N3O/c1-37-23-26-48-47-21-18-22-54(65(12,13)14)60(47)69-61(48)57(37)67(43-19-16-15-17-20-43)44-25-27-46-51-33-42(64(9,10)11)34-52-49(38(2)66(59(51)52)56(46)36-44)35-45-30-39-29-41(63(6,7)8)32-53-50-31-40(62(3,4)5)24-28-55(50)68(45)58(39)53/h15-36H,2H2,1,3-14H3/b49-35+. The number of para-hydroxylation sites is 2. The normalized spacial score (nSPS) is 13.7. The molecule has 4 nitrogen and oxygen atoms in total. The van der Waals surface area contributed by atoms with E-state index >= 15 is 0 Å². The van der Waals surface area contributed by atoms with Crippen LogP contribution in [0.4, 0.5) is 17.1 Å². The third kappa shape index (κ3) is 6.40. The highest BCUT2D eigenvalue weighted by Crippen LogP contribution is 2.47. The SMILES string of the molecule is C=c1/c(=C\c2cc3cc(C(C)(C)C)cc4c5cc(C(C)(C)C)ccc5n2c34)c2cc(C(C)(C)C)cc3c4ccc(N(c5ccccc5)c5c(C)ccc6c5oc5c(C(C)(C)C)cccc56)cc4n1c23. The fourth-order valence-corrected chi connectivity index (χ4v) is 11.4. The van der Waals surface area contributed by atoms with Crippen LogP contribution in [0.15, 0.2) is 132 Å². The number of rotatable bonds is 4. The Morgan fingerprint density at radius 2 is 1.12 bits per heavy atom. The van der Waals surface area contributed by atoms with Gasteiger partial charge in [-0.1, -0.05) is 150 Å². The molecule has 344 valence electrons. The summed E-state index contributed by atoms with van der Waals surface area (Å²) in [7, 11) is 0. The maximum atomic E-state index is 7.11. The van der Waals surface area contributed by atoms with E-state index in [9.17, 15) is 0 Å². The maximum Gasteiger partial charge on any atom is 0.159 e. The van der Waals surface area contributed by atoms with Crippen LogP contribution in [-0.4, -0.2) is 8.80 Å². The van der Waals surface area contributed by atoms with Gasteiger partial charge in [-0.3, -0.25) is 0 Å². The molecule has 0 fully saturated rings. The fraction of sp³-hybridized carbons (Fsp3) is 0.262. The molecule has 0 saturated heterocycles. The Balaban J connectivity index is 1.15. The largest absolute Gasteiger partial charge is 0.454 e. The van der Waals surface area contributed by atoms with Crippen LogP contribution in [0.25, 0.3) is 89.0 Å². The third-order valence-corrected chi connectivity index (χ3v) is 15.2. The van der Waals surface area contributed by atoms with Crippen LogP contribution in [0, 0.1) is 6.92 Å². The predicted octanol–water partition coefficient (Wildman–Crippen LogP) is 16.8. The number of hydrogen-bond donors (Lipinski definition) is 0. The second-order valence-electron chi connectivity index (χ2n) is 24.1. The van der Waals surface area contributed by atoms with Crippen LogP contribution in [0.2, 0.25) is 0 Å². The van der Waals surface area contributed by atoms with Crippen molar-refractivity contribution in [2.45, 2.75) is 112 Å². The van der Waals surface area contributed by atoms with Gasteiger partial charge in [0.25, 0.3) is 0 Å². The number of fused-ring (bicyclic) bond motifs is 9. The van der Waals surface area contributed by atoms with E-state index in [1.807, 2.05) is 0 Å². The topological polar surface area (TPSA) is 25.2 Å². The Morgan fingerprint density at radius 1 is 0.478 bits per heavy atom. The summed E-state index contributed by atoms with van der Waals surface area (Å²) in [4.78, 5) is 2.40. The number of hydrogen-bond acceptors (Lipinski definition) is 2. The zero-order chi connectivity index (χ0) is 48.4. The lowest BCUT2D eigenvalue weighted by Gasteiger charge is -2.27. The quantitative estimate of drug-likeness (QED) is 0.176. The molecule has 0 saturated carbocycles. The van der Waals surface area contributed by atoms with Gasteiger partial charge < -0.3 is 18.1 Å². The first kappa shape index (κ1) is 43.3. The van der Waals surface area contributed by atoms with Crippen molar-refractivity contribution >= 4 is 106 Å². The first-order valence-electron chi connectivity index (χ1n) is 24.8. The predicted molar refractivity (Wildman–Crippen MR) is 297 cm³/mol. The number of aryl methyl sites for hydroxylation is 1. The number of furan rings is 1. The molecule has 69 heavy (non-hydrogen) atoms. The maximum absolute atomic E-state index is 7.11. The summed E-state index contributed by atoms with van der Waals surface area (Å²) >= 11 is 0. The lowest BCUT2D eigenvalue weighted by atomic mass is 9.84. The van der Waals surface area contributed by atoms with E-state index in [1.54, 1.807) is 0 Å². The number of anilines is 3. The molecule has 5 heterocycles. The molecule has 0 aliphatic heterocycles. The summed E-state index contributed by atoms with van der Waals surface area (Å²) in [5, 5.41) is 12.0. The molecule has 0 atom stereocenters. The lowest BCUT2D eigenvalue weighted by Crippen LogP contribution is -2.24. The average molecular weight is 902 g/mol. The molecule has 4 heteroatoms. The highest BCUT2D eigenvalue weighted by Gasteiger charge is 2.28. The Hall–Kier alpha value is -7.04.